The third kappa shape index (κ3) is 3.45. The Morgan fingerprint density at radius 2 is 1.50 bits per heavy atom. The van der Waals surface area contributed by atoms with E-state index in [1.807, 2.05) is 19.1 Å². The standard InChI is InChI=1S/C23H26N2O/c1-2-24-23(26)18-10-8-17(9-11-18)22(16-6-4-3-5-7-16)19-14-20-12-13-21(15-19)25-20/h3-11,20-21,25H,2,12-15H2,1H3,(H,24,26). The van der Waals surface area contributed by atoms with Gasteiger partial charge in [-0.3, -0.25) is 4.79 Å². The van der Waals surface area contributed by atoms with Gasteiger partial charge in [0.15, 0.2) is 0 Å². The fraction of sp³-hybridized carbons (Fsp3) is 0.348. The first kappa shape index (κ1) is 17.0. The van der Waals surface area contributed by atoms with Crippen LogP contribution in [0.25, 0.3) is 5.57 Å². The van der Waals surface area contributed by atoms with Crippen molar-refractivity contribution in [1.82, 2.24) is 10.6 Å². The molecule has 2 saturated heterocycles. The van der Waals surface area contributed by atoms with E-state index in [9.17, 15) is 4.79 Å². The average Bonchev–Trinajstić information content (AvgIpc) is 3.02. The first-order valence-electron chi connectivity index (χ1n) is 9.66. The van der Waals surface area contributed by atoms with E-state index in [4.69, 9.17) is 0 Å². The lowest BCUT2D eigenvalue weighted by atomic mass is 9.86. The van der Waals surface area contributed by atoms with Crippen molar-refractivity contribution in [3.05, 3.63) is 76.9 Å². The minimum absolute atomic E-state index is 0.00660. The highest BCUT2D eigenvalue weighted by Crippen LogP contribution is 2.38. The molecule has 3 nitrogen and oxygen atoms in total. The second-order valence-electron chi connectivity index (χ2n) is 7.33. The van der Waals surface area contributed by atoms with E-state index in [1.165, 1.54) is 29.5 Å². The zero-order valence-electron chi connectivity index (χ0n) is 15.3. The van der Waals surface area contributed by atoms with Gasteiger partial charge >= 0.3 is 0 Å². The molecule has 2 N–H and O–H groups in total. The molecule has 26 heavy (non-hydrogen) atoms. The molecular formula is C23H26N2O. The molecule has 134 valence electrons. The highest BCUT2D eigenvalue weighted by molar-refractivity contribution is 5.95. The van der Waals surface area contributed by atoms with Crippen molar-refractivity contribution in [3.8, 4) is 0 Å². The van der Waals surface area contributed by atoms with E-state index in [0.717, 1.165) is 18.4 Å². The molecule has 2 fully saturated rings. The average molecular weight is 346 g/mol. The zero-order chi connectivity index (χ0) is 17.9. The molecule has 2 atom stereocenters. The van der Waals surface area contributed by atoms with Crippen LogP contribution in [0.2, 0.25) is 0 Å². The maximum absolute atomic E-state index is 12.1. The summed E-state index contributed by atoms with van der Waals surface area (Å²) >= 11 is 0. The number of benzene rings is 2. The summed E-state index contributed by atoms with van der Waals surface area (Å²) in [6, 6.07) is 20.0. The van der Waals surface area contributed by atoms with Crippen molar-refractivity contribution in [2.45, 2.75) is 44.7 Å². The Labute approximate surface area is 155 Å². The molecule has 4 rings (SSSR count). The lowest BCUT2D eigenvalue weighted by Crippen LogP contribution is -2.35. The third-order valence-electron chi connectivity index (χ3n) is 5.51. The molecule has 1 amide bonds. The minimum atomic E-state index is -0.00660. The molecule has 0 radical (unpaired) electrons. The zero-order valence-corrected chi connectivity index (χ0v) is 15.3. The van der Waals surface area contributed by atoms with Crippen LogP contribution in [0, 0.1) is 0 Å². The van der Waals surface area contributed by atoms with Gasteiger partial charge in [-0.05, 0) is 61.4 Å². The monoisotopic (exact) mass is 346 g/mol. The van der Waals surface area contributed by atoms with Crippen molar-refractivity contribution in [1.29, 1.82) is 0 Å². The predicted octanol–water partition coefficient (Wildman–Crippen LogP) is 4.15. The molecule has 2 aliphatic heterocycles. The largest absolute Gasteiger partial charge is 0.352 e. The fourth-order valence-electron chi connectivity index (χ4n) is 4.34. The van der Waals surface area contributed by atoms with Crippen LogP contribution in [-0.2, 0) is 0 Å². The molecular weight excluding hydrogens is 320 g/mol. The maximum atomic E-state index is 12.1. The molecule has 0 saturated carbocycles. The summed E-state index contributed by atoms with van der Waals surface area (Å²) in [5.74, 6) is -0.00660. The van der Waals surface area contributed by atoms with Crippen molar-refractivity contribution >= 4 is 11.5 Å². The fourth-order valence-corrected chi connectivity index (χ4v) is 4.34. The molecule has 3 heteroatoms. The van der Waals surface area contributed by atoms with E-state index in [1.54, 1.807) is 5.57 Å². The minimum Gasteiger partial charge on any atom is -0.352 e. The number of carbonyl (C=O) groups excluding carboxylic acids is 1. The molecule has 2 bridgehead atoms. The quantitative estimate of drug-likeness (QED) is 0.873. The smallest absolute Gasteiger partial charge is 0.251 e. The lowest BCUT2D eigenvalue weighted by Gasteiger charge is -2.27. The van der Waals surface area contributed by atoms with E-state index in [-0.39, 0.29) is 5.91 Å². The summed E-state index contributed by atoms with van der Waals surface area (Å²) in [6.07, 6.45) is 4.82. The number of amides is 1. The summed E-state index contributed by atoms with van der Waals surface area (Å²) in [4.78, 5) is 12.1. The van der Waals surface area contributed by atoms with Crippen molar-refractivity contribution in [2.75, 3.05) is 6.54 Å². The van der Waals surface area contributed by atoms with Crippen molar-refractivity contribution in [3.63, 3.8) is 0 Å². The number of hydrogen-bond acceptors (Lipinski definition) is 2. The number of nitrogens with one attached hydrogen (secondary N) is 2. The Hall–Kier alpha value is -2.39. The molecule has 0 aromatic heterocycles. The van der Waals surface area contributed by atoms with Crippen LogP contribution in [0.3, 0.4) is 0 Å². The van der Waals surface area contributed by atoms with Gasteiger partial charge in [0.25, 0.3) is 5.91 Å². The van der Waals surface area contributed by atoms with Crippen LogP contribution < -0.4 is 10.6 Å². The first-order chi connectivity index (χ1) is 12.7. The molecule has 0 spiro atoms. The number of piperidine rings is 1. The Kier molecular flexibility index (Phi) is 4.89. The van der Waals surface area contributed by atoms with Gasteiger partial charge in [-0.1, -0.05) is 48.0 Å². The number of rotatable bonds is 4. The van der Waals surface area contributed by atoms with Gasteiger partial charge < -0.3 is 10.6 Å². The van der Waals surface area contributed by atoms with Crippen molar-refractivity contribution in [2.24, 2.45) is 0 Å². The van der Waals surface area contributed by atoms with Crippen molar-refractivity contribution < 1.29 is 4.79 Å². The number of fused-ring (bicyclic) bond motifs is 2. The SMILES string of the molecule is CCNC(=O)c1ccc(C(=C2CC3CCC(C2)N3)c2ccccc2)cc1. The van der Waals surface area contributed by atoms with Gasteiger partial charge in [0.05, 0.1) is 0 Å². The van der Waals surface area contributed by atoms with Crippen LogP contribution in [-0.4, -0.2) is 24.5 Å². The van der Waals surface area contributed by atoms with Crippen LogP contribution in [0.1, 0.15) is 54.1 Å². The Balaban J connectivity index is 1.73. The van der Waals surface area contributed by atoms with Crippen LogP contribution in [0.4, 0.5) is 0 Å². The lowest BCUT2D eigenvalue weighted by molar-refractivity contribution is 0.0956. The second-order valence-corrected chi connectivity index (χ2v) is 7.33. The van der Waals surface area contributed by atoms with Gasteiger partial charge in [0.2, 0.25) is 0 Å². The van der Waals surface area contributed by atoms with Gasteiger partial charge in [-0.25, -0.2) is 0 Å². The van der Waals surface area contributed by atoms with Crippen LogP contribution >= 0.6 is 0 Å². The topological polar surface area (TPSA) is 41.1 Å². The summed E-state index contributed by atoms with van der Waals surface area (Å²) in [7, 11) is 0. The molecule has 2 aromatic carbocycles. The predicted molar refractivity (Wildman–Crippen MR) is 106 cm³/mol. The molecule has 2 aliphatic rings. The van der Waals surface area contributed by atoms with Gasteiger partial charge in [-0.2, -0.15) is 0 Å². The van der Waals surface area contributed by atoms with E-state index < -0.39 is 0 Å². The van der Waals surface area contributed by atoms with Gasteiger partial charge in [0, 0.05) is 24.2 Å². The van der Waals surface area contributed by atoms with Crippen LogP contribution in [0.15, 0.2) is 60.2 Å². The Bertz CT molecular complexity index is 794. The molecule has 2 unspecified atom stereocenters. The van der Waals surface area contributed by atoms with Gasteiger partial charge in [-0.15, -0.1) is 0 Å². The van der Waals surface area contributed by atoms with E-state index in [0.29, 0.717) is 18.6 Å². The third-order valence-corrected chi connectivity index (χ3v) is 5.51. The summed E-state index contributed by atoms with van der Waals surface area (Å²) in [6.45, 7) is 2.59. The highest BCUT2D eigenvalue weighted by Gasteiger charge is 2.32. The number of hydrogen-bond donors (Lipinski definition) is 2. The maximum Gasteiger partial charge on any atom is 0.251 e. The van der Waals surface area contributed by atoms with Crippen LogP contribution in [0.5, 0.6) is 0 Å². The normalized spacial score (nSPS) is 21.5. The molecule has 2 aromatic rings. The Morgan fingerprint density at radius 3 is 2.12 bits per heavy atom. The molecule has 0 aliphatic carbocycles. The summed E-state index contributed by atoms with van der Waals surface area (Å²) in [5, 5.41) is 6.60. The molecule has 2 heterocycles. The van der Waals surface area contributed by atoms with E-state index in [2.05, 4.69) is 53.1 Å². The summed E-state index contributed by atoms with van der Waals surface area (Å²) in [5.41, 5.74) is 6.10. The highest BCUT2D eigenvalue weighted by atomic mass is 16.1. The second kappa shape index (κ2) is 7.46. The van der Waals surface area contributed by atoms with E-state index >= 15 is 0 Å². The number of carbonyl (C=O) groups is 1. The summed E-state index contributed by atoms with van der Waals surface area (Å²) < 4.78 is 0. The van der Waals surface area contributed by atoms with Gasteiger partial charge in [0.1, 0.15) is 0 Å². The Morgan fingerprint density at radius 1 is 0.923 bits per heavy atom. The first-order valence-corrected chi connectivity index (χ1v) is 9.66.